The molecule has 0 aromatic heterocycles. The van der Waals surface area contributed by atoms with Gasteiger partial charge >= 0.3 is 0 Å². The lowest BCUT2D eigenvalue weighted by atomic mass is 10.0. The van der Waals surface area contributed by atoms with Crippen LogP contribution in [-0.4, -0.2) is 11.7 Å². The van der Waals surface area contributed by atoms with Crippen LogP contribution in [0.25, 0.3) is 6.08 Å². The molecule has 0 bridgehead atoms. The predicted molar refractivity (Wildman–Crippen MR) is 65.6 cm³/mol. The number of hydrogen-bond donors (Lipinski definition) is 0. The summed E-state index contributed by atoms with van der Waals surface area (Å²) in [6, 6.07) is 5.75. The number of halogens is 1. The van der Waals surface area contributed by atoms with Crippen LogP contribution < -0.4 is 0 Å². The van der Waals surface area contributed by atoms with Crippen LogP contribution in [0.4, 0.5) is 0 Å². The number of aryl methyl sites for hydroxylation is 1. The summed E-state index contributed by atoms with van der Waals surface area (Å²) in [6.07, 6.45) is 4.90. The SMILES string of the molecule is CC(=O)c1ccc(C)c(C=CCCCl)c1. The minimum atomic E-state index is 0.0991. The van der Waals surface area contributed by atoms with Gasteiger partial charge in [-0.05, 0) is 37.5 Å². The summed E-state index contributed by atoms with van der Waals surface area (Å²) in [5, 5.41) is 0. The summed E-state index contributed by atoms with van der Waals surface area (Å²) in [6.45, 7) is 3.61. The number of benzene rings is 1. The van der Waals surface area contributed by atoms with Crippen LogP contribution >= 0.6 is 11.6 Å². The van der Waals surface area contributed by atoms with Crippen LogP contribution in [0.15, 0.2) is 24.3 Å². The van der Waals surface area contributed by atoms with E-state index >= 15 is 0 Å². The average molecular weight is 223 g/mol. The normalized spacial score (nSPS) is 10.9. The maximum Gasteiger partial charge on any atom is 0.159 e. The highest BCUT2D eigenvalue weighted by Crippen LogP contribution is 2.13. The Morgan fingerprint density at radius 1 is 1.47 bits per heavy atom. The fourth-order valence-electron chi connectivity index (χ4n) is 1.31. The van der Waals surface area contributed by atoms with E-state index in [9.17, 15) is 4.79 Å². The Hall–Kier alpha value is -1.08. The second-order valence-electron chi connectivity index (χ2n) is 3.51. The predicted octanol–water partition coefficient (Wildman–Crippen LogP) is 3.84. The van der Waals surface area contributed by atoms with E-state index in [0.717, 1.165) is 17.5 Å². The molecule has 0 fully saturated rings. The van der Waals surface area contributed by atoms with E-state index in [-0.39, 0.29) is 5.78 Å². The van der Waals surface area contributed by atoms with E-state index < -0.39 is 0 Å². The fraction of sp³-hybridized carbons (Fsp3) is 0.308. The fourth-order valence-corrected chi connectivity index (χ4v) is 1.44. The van der Waals surface area contributed by atoms with Gasteiger partial charge in [-0.15, -0.1) is 11.6 Å². The highest BCUT2D eigenvalue weighted by molar-refractivity contribution is 6.17. The highest BCUT2D eigenvalue weighted by atomic mass is 35.5. The van der Waals surface area contributed by atoms with Crippen molar-refractivity contribution in [2.45, 2.75) is 20.3 Å². The Kier molecular flexibility index (Phi) is 4.57. The van der Waals surface area contributed by atoms with E-state index in [1.165, 1.54) is 5.56 Å². The van der Waals surface area contributed by atoms with E-state index in [2.05, 4.69) is 0 Å². The molecule has 0 unspecified atom stereocenters. The second-order valence-corrected chi connectivity index (χ2v) is 3.89. The minimum absolute atomic E-state index is 0.0991. The molecule has 0 amide bonds. The van der Waals surface area contributed by atoms with Gasteiger partial charge in [-0.1, -0.05) is 24.3 Å². The molecule has 0 spiro atoms. The molecule has 0 saturated carbocycles. The molecule has 80 valence electrons. The van der Waals surface area contributed by atoms with Crippen molar-refractivity contribution in [1.82, 2.24) is 0 Å². The van der Waals surface area contributed by atoms with Gasteiger partial charge in [0.2, 0.25) is 0 Å². The van der Waals surface area contributed by atoms with Gasteiger partial charge in [-0.2, -0.15) is 0 Å². The van der Waals surface area contributed by atoms with Gasteiger partial charge in [0.25, 0.3) is 0 Å². The molecule has 0 aliphatic rings. The zero-order valence-electron chi connectivity index (χ0n) is 9.09. The largest absolute Gasteiger partial charge is 0.295 e. The molecule has 2 heteroatoms. The van der Waals surface area contributed by atoms with Crippen molar-refractivity contribution in [2.75, 3.05) is 5.88 Å². The summed E-state index contributed by atoms with van der Waals surface area (Å²) in [5.74, 6) is 0.726. The maximum absolute atomic E-state index is 11.2. The molecular formula is C13H15ClO. The van der Waals surface area contributed by atoms with Crippen molar-refractivity contribution in [3.05, 3.63) is 41.0 Å². The molecule has 0 radical (unpaired) electrons. The number of carbonyl (C=O) groups excluding carboxylic acids is 1. The standard InChI is InChI=1S/C13H15ClO/c1-10-6-7-13(11(2)15)9-12(10)5-3-4-8-14/h3,5-7,9H,4,8H2,1-2H3. The summed E-state index contributed by atoms with van der Waals surface area (Å²) < 4.78 is 0. The van der Waals surface area contributed by atoms with Crippen molar-refractivity contribution >= 4 is 23.5 Å². The molecule has 0 aliphatic heterocycles. The number of rotatable bonds is 4. The number of ketones is 1. The van der Waals surface area contributed by atoms with Crippen molar-refractivity contribution in [1.29, 1.82) is 0 Å². The molecule has 0 N–H and O–H groups in total. The van der Waals surface area contributed by atoms with Gasteiger partial charge in [0.1, 0.15) is 0 Å². The number of alkyl halides is 1. The molecule has 0 heterocycles. The first-order chi connectivity index (χ1) is 7.15. The molecule has 0 atom stereocenters. The summed E-state index contributed by atoms with van der Waals surface area (Å²) >= 11 is 5.58. The van der Waals surface area contributed by atoms with Gasteiger partial charge in [0, 0.05) is 11.4 Å². The Bertz CT molecular complexity index is 380. The van der Waals surface area contributed by atoms with Gasteiger partial charge in [-0.3, -0.25) is 4.79 Å². The molecule has 1 rings (SSSR count). The first-order valence-electron chi connectivity index (χ1n) is 4.99. The van der Waals surface area contributed by atoms with Gasteiger partial charge in [0.15, 0.2) is 5.78 Å². The van der Waals surface area contributed by atoms with Crippen LogP contribution in [0.2, 0.25) is 0 Å². The van der Waals surface area contributed by atoms with Gasteiger partial charge in [-0.25, -0.2) is 0 Å². The van der Waals surface area contributed by atoms with Crippen LogP contribution in [0, 0.1) is 6.92 Å². The first-order valence-corrected chi connectivity index (χ1v) is 5.52. The van der Waals surface area contributed by atoms with Crippen molar-refractivity contribution in [2.24, 2.45) is 0 Å². The van der Waals surface area contributed by atoms with Crippen molar-refractivity contribution in [3.63, 3.8) is 0 Å². The van der Waals surface area contributed by atoms with Crippen molar-refractivity contribution < 1.29 is 4.79 Å². The van der Waals surface area contributed by atoms with Crippen LogP contribution in [0.1, 0.15) is 34.8 Å². The molecule has 15 heavy (non-hydrogen) atoms. The van der Waals surface area contributed by atoms with E-state index in [4.69, 9.17) is 11.6 Å². The Morgan fingerprint density at radius 2 is 2.20 bits per heavy atom. The molecule has 0 saturated heterocycles. The lowest BCUT2D eigenvalue weighted by Crippen LogP contribution is -1.93. The van der Waals surface area contributed by atoms with Crippen LogP contribution in [0.3, 0.4) is 0 Å². The molecular weight excluding hydrogens is 208 g/mol. The highest BCUT2D eigenvalue weighted by Gasteiger charge is 2.01. The Morgan fingerprint density at radius 3 is 2.80 bits per heavy atom. The second kappa shape index (κ2) is 5.72. The lowest BCUT2D eigenvalue weighted by molar-refractivity contribution is 0.101. The monoisotopic (exact) mass is 222 g/mol. The van der Waals surface area contributed by atoms with Crippen LogP contribution in [-0.2, 0) is 0 Å². The van der Waals surface area contributed by atoms with Crippen molar-refractivity contribution in [3.8, 4) is 0 Å². The summed E-state index contributed by atoms with van der Waals surface area (Å²) in [4.78, 5) is 11.2. The molecule has 1 aromatic rings. The summed E-state index contributed by atoms with van der Waals surface area (Å²) in [7, 11) is 0. The minimum Gasteiger partial charge on any atom is -0.295 e. The molecule has 1 nitrogen and oxygen atoms in total. The number of Topliss-reactive ketones (excluding diaryl/α,β-unsaturated/α-hetero) is 1. The smallest absolute Gasteiger partial charge is 0.159 e. The number of allylic oxidation sites excluding steroid dienone is 1. The quantitative estimate of drug-likeness (QED) is 0.559. The Labute approximate surface area is 95.8 Å². The third kappa shape index (κ3) is 3.52. The molecule has 0 aliphatic carbocycles. The first kappa shape index (κ1) is 12.0. The number of carbonyl (C=O) groups is 1. The third-order valence-electron chi connectivity index (χ3n) is 2.26. The van der Waals surface area contributed by atoms with E-state index in [1.54, 1.807) is 6.92 Å². The lowest BCUT2D eigenvalue weighted by Gasteiger charge is -2.02. The van der Waals surface area contributed by atoms with E-state index in [0.29, 0.717) is 5.88 Å². The zero-order chi connectivity index (χ0) is 11.3. The maximum atomic E-state index is 11.2. The topological polar surface area (TPSA) is 17.1 Å². The Balaban J connectivity index is 2.95. The van der Waals surface area contributed by atoms with Gasteiger partial charge in [0.05, 0.1) is 0 Å². The van der Waals surface area contributed by atoms with Gasteiger partial charge < -0.3 is 0 Å². The molecule has 1 aromatic carbocycles. The van der Waals surface area contributed by atoms with E-state index in [1.807, 2.05) is 37.3 Å². The average Bonchev–Trinajstić information content (AvgIpc) is 2.20. The van der Waals surface area contributed by atoms with Crippen LogP contribution in [0.5, 0.6) is 0 Å². The third-order valence-corrected chi connectivity index (χ3v) is 2.48. The summed E-state index contributed by atoms with van der Waals surface area (Å²) in [5.41, 5.74) is 3.02. The number of hydrogen-bond acceptors (Lipinski definition) is 1. The zero-order valence-corrected chi connectivity index (χ0v) is 9.84.